The normalized spacial score (nSPS) is 19.9. The number of halogens is 14. The van der Waals surface area contributed by atoms with Gasteiger partial charge in [0.25, 0.3) is 0 Å². The molecule has 4 amide bonds. The van der Waals surface area contributed by atoms with Crippen LogP contribution < -0.4 is 5.84 Å². The smallest absolute Gasteiger partial charge is 0.417 e. The van der Waals surface area contributed by atoms with Crippen molar-refractivity contribution in [2.75, 3.05) is 45.8 Å². The van der Waals surface area contributed by atoms with E-state index in [9.17, 15) is 71.9 Å². The van der Waals surface area contributed by atoms with Crippen LogP contribution in [0.1, 0.15) is 105 Å². The highest BCUT2D eigenvalue weighted by molar-refractivity contribution is 6.31. The summed E-state index contributed by atoms with van der Waals surface area (Å²) in [7, 11) is 0. The maximum atomic E-state index is 14.0. The van der Waals surface area contributed by atoms with Gasteiger partial charge in [-0.3, -0.25) is 9.80 Å². The molecule has 0 radical (unpaired) electrons. The number of Topliss-reactive ketones (excluding diaryl/α,β-unsaturated/α-hetero) is 1. The number of nitrogens with zero attached hydrogens (tertiary/aromatic N) is 6. The monoisotopic (exact) mass is 1170 g/mol. The highest BCUT2D eigenvalue weighted by Crippen LogP contribution is 2.42. The van der Waals surface area contributed by atoms with Crippen molar-refractivity contribution in [2.45, 2.75) is 89.3 Å². The number of rotatable bonds is 10. The van der Waals surface area contributed by atoms with E-state index in [2.05, 4.69) is 10.3 Å². The van der Waals surface area contributed by atoms with Crippen molar-refractivity contribution in [3.05, 3.63) is 138 Å². The quantitative estimate of drug-likeness (QED) is 0.0684. The number of carbonyl (C=O) groups is 4. The largest absolute Gasteiger partial charge is 0.478 e. The van der Waals surface area contributed by atoms with Gasteiger partial charge >= 0.3 is 42.7 Å². The molecular formula is C51H49Cl2F12N7O7. The fourth-order valence-corrected chi connectivity index (χ4v) is 9.49. The predicted octanol–water partition coefficient (Wildman–Crippen LogP) is 12.5. The molecule has 2 fully saturated rings. The Morgan fingerprint density at radius 1 is 0.608 bits per heavy atom. The molecule has 0 aromatic heterocycles. The van der Waals surface area contributed by atoms with Crippen molar-refractivity contribution in [3.8, 4) is 0 Å². The average Bonchev–Trinajstić information content (AvgIpc) is 4.11. The molecule has 4 aromatic rings. The zero-order chi connectivity index (χ0) is 58.8. The first kappa shape index (κ1) is 61.4. The molecule has 4 aliphatic rings. The van der Waals surface area contributed by atoms with Crippen LogP contribution in [0.3, 0.4) is 0 Å². The number of aryl methyl sites for hydroxylation is 2. The van der Waals surface area contributed by atoms with Crippen LogP contribution in [0.2, 0.25) is 10.0 Å². The minimum absolute atomic E-state index is 0.0476. The summed E-state index contributed by atoms with van der Waals surface area (Å²) in [6, 6.07) is 15.0. The fraction of sp³-hybridized carbons (Fsp3) is 0.412. The molecule has 79 heavy (non-hydrogen) atoms. The molecule has 0 aliphatic carbocycles. The molecule has 14 nitrogen and oxygen atoms in total. The molecule has 0 bridgehead atoms. The lowest BCUT2D eigenvalue weighted by atomic mass is 9.87. The Bertz CT molecular complexity index is 3000. The molecule has 3 N–H and O–H groups in total. The third-order valence-electron chi connectivity index (χ3n) is 12.7. The molecule has 4 heterocycles. The number of carbonyl (C=O) groups excluding carboxylic acids is 3. The summed E-state index contributed by atoms with van der Waals surface area (Å²) >= 11 is 12.2. The molecule has 0 saturated carbocycles. The van der Waals surface area contributed by atoms with Crippen LogP contribution in [-0.2, 0) is 33.2 Å². The summed E-state index contributed by atoms with van der Waals surface area (Å²) in [6.45, 7) is 3.92. The third kappa shape index (κ3) is 15.7. The van der Waals surface area contributed by atoms with Crippen molar-refractivity contribution in [1.82, 2.24) is 19.7 Å². The number of amides is 4. The topological polar surface area (TPSA) is 171 Å². The number of aromatic carboxylic acids is 1. The zero-order valence-electron chi connectivity index (χ0n) is 42.2. The lowest BCUT2D eigenvalue weighted by molar-refractivity contribution is -0.143. The molecule has 2 saturated heterocycles. The predicted molar refractivity (Wildman–Crippen MR) is 263 cm³/mol. The molecule has 0 spiro atoms. The second kappa shape index (κ2) is 23.5. The van der Waals surface area contributed by atoms with Crippen LogP contribution in [0.5, 0.6) is 0 Å². The van der Waals surface area contributed by atoms with Gasteiger partial charge in [-0.05, 0) is 105 Å². The molecule has 2 atom stereocenters. The summed E-state index contributed by atoms with van der Waals surface area (Å²) in [6.07, 6.45) is -17.8. The number of carboxylic acids is 1. The Balaban J connectivity index is 0.000000217. The van der Waals surface area contributed by atoms with Crippen molar-refractivity contribution >= 4 is 58.4 Å². The molecule has 2 unspecified atom stereocenters. The van der Waals surface area contributed by atoms with Gasteiger partial charge in [-0.2, -0.15) is 52.7 Å². The molecule has 4 aromatic carbocycles. The van der Waals surface area contributed by atoms with E-state index < -0.39 is 102 Å². The van der Waals surface area contributed by atoms with Gasteiger partial charge in [-0.1, -0.05) is 63.8 Å². The first-order valence-corrected chi connectivity index (χ1v) is 24.4. The second-order valence-electron chi connectivity index (χ2n) is 19.3. The Kier molecular flexibility index (Phi) is 18.3. The number of nitrogens with two attached hydrogens (primary N) is 1. The van der Waals surface area contributed by atoms with Gasteiger partial charge in [-0.15, -0.1) is 0 Å². The van der Waals surface area contributed by atoms with Crippen LogP contribution >= 0.6 is 23.2 Å². The van der Waals surface area contributed by atoms with Crippen molar-refractivity contribution < 1.29 is 86.6 Å². The molecule has 4 aliphatic heterocycles. The van der Waals surface area contributed by atoms with Crippen molar-refractivity contribution in [1.29, 1.82) is 0 Å². The summed E-state index contributed by atoms with van der Waals surface area (Å²) in [5.41, 5.74) is -1.80. The summed E-state index contributed by atoms with van der Waals surface area (Å²) in [4.78, 5) is 60.7. The molecule has 428 valence electrons. The van der Waals surface area contributed by atoms with Crippen LogP contribution in [0.25, 0.3) is 0 Å². The van der Waals surface area contributed by atoms with Crippen LogP contribution in [0.4, 0.5) is 62.3 Å². The number of ketones is 1. The highest BCUT2D eigenvalue weighted by Gasteiger charge is 2.43. The van der Waals surface area contributed by atoms with Gasteiger partial charge in [0.2, 0.25) is 0 Å². The van der Waals surface area contributed by atoms with Gasteiger partial charge in [0.05, 0.1) is 34.7 Å². The Morgan fingerprint density at radius 2 is 1.01 bits per heavy atom. The lowest BCUT2D eigenvalue weighted by Gasteiger charge is -2.35. The Hall–Kier alpha value is -6.80. The maximum absolute atomic E-state index is 14.0. The number of urea groups is 2. The number of hydrogen-bond donors (Lipinski definition) is 2. The van der Waals surface area contributed by atoms with Gasteiger partial charge in [0, 0.05) is 65.8 Å². The molecule has 28 heteroatoms. The van der Waals surface area contributed by atoms with Crippen LogP contribution in [0, 0.1) is 13.8 Å². The lowest BCUT2D eigenvalue weighted by Crippen LogP contribution is -2.54. The van der Waals surface area contributed by atoms with E-state index in [4.69, 9.17) is 43.8 Å². The van der Waals surface area contributed by atoms with E-state index in [0.29, 0.717) is 44.1 Å². The minimum atomic E-state index is -4.93. The number of carboxylic acid groups (broad SMARTS) is 1. The Labute approximate surface area is 453 Å². The highest BCUT2D eigenvalue weighted by atomic mass is 35.5. The van der Waals surface area contributed by atoms with E-state index in [1.807, 2.05) is 26.0 Å². The van der Waals surface area contributed by atoms with Crippen molar-refractivity contribution in [2.24, 2.45) is 16.2 Å². The van der Waals surface area contributed by atoms with Crippen LogP contribution in [-0.4, -0.2) is 118 Å². The summed E-state index contributed by atoms with van der Waals surface area (Å²) in [5, 5.41) is 18.8. The van der Waals surface area contributed by atoms with Crippen molar-refractivity contribution in [3.63, 3.8) is 0 Å². The average molecular weight is 1170 g/mol. The van der Waals surface area contributed by atoms with Gasteiger partial charge in [-0.25, -0.2) is 20.2 Å². The molecule has 8 rings (SSSR count). The standard InChI is InChI=1S/C26H24ClF6N3O3.C19H15ClF3NO3.C6H10F3N3O/c1-15-8-17(11-18(27)9-15)24(2)12-21(34-39-24)16-4-5-19(20(10-16)26(31,32)33)22(37)13-35-6-3-7-36(23(35)38)14-25(28,29)30;1-10-5-12(8-13(20)6-10)18(2)9-16(24-27-18)11-3-4-14(17(25)26)15(7-11)19(21,22)23;7-6(8,9)4-11-2-1-3-12(10)5(11)13/h4-5,8-11H,3,6-7,12-14H2,1-2H3;3-8H,9H2,1-2H3,(H,25,26);1-4,10H2. The summed E-state index contributed by atoms with van der Waals surface area (Å²) in [5.74, 6) is 2.48. The SMILES string of the molecule is Cc1cc(Cl)cc(C2(C)CC(c3ccc(C(=O)CN4CCCN(CC(F)(F)F)C4=O)c(C(F)(F)F)c3)=NO2)c1.Cc1cc(Cl)cc(C2(C)CC(c3ccc(C(=O)O)c(C(F)(F)F)c3)=NO2)c1.NN1CCCN(CC(F)(F)F)C1=O. The van der Waals surface area contributed by atoms with E-state index in [1.165, 1.54) is 12.1 Å². The zero-order valence-corrected chi connectivity index (χ0v) is 43.7. The summed E-state index contributed by atoms with van der Waals surface area (Å²) < 4.78 is 156. The van der Waals surface area contributed by atoms with Gasteiger partial charge < -0.3 is 29.5 Å². The number of hydrogen-bond acceptors (Lipinski definition) is 9. The first-order valence-electron chi connectivity index (χ1n) is 23.7. The van der Waals surface area contributed by atoms with Gasteiger partial charge in [0.15, 0.2) is 17.0 Å². The maximum Gasteiger partial charge on any atom is 0.417 e. The van der Waals surface area contributed by atoms with E-state index in [-0.39, 0.29) is 55.7 Å². The minimum Gasteiger partial charge on any atom is -0.478 e. The van der Waals surface area contributed by atoms with E-state index >= 15 is 0 Å². The number of alkyl halides is 12. The van der Waals surface area contributed by atoms with Crippen LogP contribution in [0.15, 0.2) is 83.1 Å². The van der Waals surface area contributed by atoms with E-state index in [0.717, 1.165) is 50.9 Å². The fourth-order valence-electron chi connectivity index (χ4n) is 8.91. The third-order valence-corrected chi connectivity index (χ3v) is 13.1. The van der Waals surface area contributed by atoms with Gasteiger partial charge in [0.1, 0.15) is 13.1 Å². The number of hydrazine groups is 1. The molecular weight excluding hydrogens is 1120 g/mol. The Morgan fingerprint density at radius 3 is 1.43 bits per heavy atom. The second-order valence-corrected chi connectivity index (χ2v) is 20.2. The van der Waals surface area contributed by atoms with E-state index in [1.54, 1.807) is 38.1 Å². The number of oxime groups is 2. The first-order chi connectivity index (χ1) is 36.4. The number of benzene rings is 4.